The van der Waals surface area contributed by atoms with Gasteiger partial charge < -0.3 is 29.9 Å². The van der Waals surface area contributed by atoms with Crippen molar-refractivity contribution in [2.75, 3.05) is 0 Å². The van der Waals surface area contributed by atoms with Crippen molar-refractivity contribution in [2.45, 2.75) is 53.4 Å². The van der Waals surface area contributed by atoms with Crippen molar-refractivity contribution in [1.29, 1.82) is 0 Å². The second-order valence-electron chi connectivity index (χ2n) is 26.7. The molecule has 0 saturated heterocycles. The van der Waals surface area contributed by atoms with Crippen molar-refractivity contribution in [3.63, 3.8) is 0 Å². The number of hydrogen-bond donors (Lipinski definition) is 0. The van der Waals surface area contributed by atoms with Gasteiger partial charge in [0.15, 0.2) is 0 Å². The fourth-order valence-electron chi connectivity index (χ4n) is 11.9. The van der Waals surface area contributed by atoms with E-state index in [0.29, 0.717) is 11.8 Å². The molecule has 0 unspecified atom stereocenters. The number of aromatic nitrogens is 6. The Morgan fingerprint density at radius 3 is 0.783 bits per heavy atom. The van der Waals surface area contributed by atoms with Gasteiger partial charge in [0, 0.05) is 138 Å². The van der Waals surface area contributed by atoms with Gasteiger partial charge in [-0.2, -0.15) is 0 Å². The van der Waals surface area contributed by atoms with Gasteiger partial charge in [-0.15, -0.1) is 213 Å². The molecule has 581 valence electrons. The topological polar surface area (TPSA) is 77.3 Å². The molecule has 0 aliphatic rings. The summed E-state index contributed by atoms with van der Waals surface area (Å²) >= 11 is 0. The molecule has 11 heteroatoms. The molecular formula is C104H84Ir5N6-6. The first kappa shape index (κ1) is 91.7. The summed E-state index contributed by atoms with van der Waals surface area (Å²) in [5.74, 6) is 1.01. The van der Waals surface area contributed by atoms with E-state index < -0.39 is 0 Å². The molecule has 0 fully saturated rings. The van der Waals surface area contributed by atoms with E-state index in [9.17, 15) is 0 Å². The molecule has 0 atom stereocenters. The predicted molar refractivity (Wildman–Crippen MR) is 456 cm³/mol. The zero-order valence-corrected chi connectivity index (χ0v) is 76.4. The van der Waals surface area contributed by atoms with Crippen LogP contribution in [-0.4, -0.2) is 29.9 Å². The minimum atomic E-state index is 0. The zero-order valence-electron chi connectivity index (χ0n) is 64.5. The Bertz CT molecular complexity index is 5400. The molecule has 0 aliphatic heterocycles. The van der Waals surface area contributed by atoms with Crippen LogP contribution < -0.4 is 0 Å². The summed E-state index contributed by atoms with van der Waals surface area (Å²) in [6.07, 6.45) is 11.1. The number of hydrogen-bond acceptors (Lipinski definition) is 6. The van der Waals surface area contributed by atoms with Gasteiger partial charge in [-0.05, 0) is 124 Å². The molecule has 6 aromatic heterocycles. The van der Waals surface area contributed by atoms with Gasteiger partial charge in [-0.3, -0.25) is 0 Å². The van der Waals surface area contributed by atoms with E-state index in [4.69, 9.17) is 0 Å². The molecule has 5 radical (unpaired) electrons. The van der Waals surface area contributed by atoms with E-state index in [1.165, 1.54) is 77.9 Å². The largest absolute Gasteiger partial charge is 0.305 e. The van der Waals surface area contributed by atoms with E-state index >= 15 is 0 Å². The van der Waals surface area contributed by atoms with Crippen LogP contribution in [0.2, 0.25) is 0 Å². The molecule has 115 heavy (non-hydrogen) atoms. The van der Waals surface area contributed by atoms with Gasteiger partial charge >= 0.3 is 0 Å². The Morgan fingerprint density at radius 2 is 0.487 bits per heavy atom. The second-order valence-corrected chi connectivity index (χ2v) is 26.7. The number of nitrogens with zero attached hydrogens (tertiary/aromatic N) is 6. The van der Waals surface area contributed by atoms with Crippen molar-refractivity contribution in [3.05, 3.63) is 448 Å². The van der Waals surface area contributed by atoms with Crippen LogP contribution in [0, 0.1) is 50.2 Å². The second kappa shape index (κ2) is 48.7. The zero-order chi connectivity index (χ0) is 75.9. The summed E-state index contributed by atoms with van der Waals surface area (Å²) in [4.78, 5) is 26.4. The summed E-state index contributed by atoms with van der Waals surface area (Å²) < 4.78 is 0. The van der Waals surface area contributed by atoms with E-state index in [1.54, 1.807) is 12.4 Å². The van der Waals surface area contributed by atoms with Crippen LogP contribution in [0.3, 0.4) is 0 Å². The van der Waals surface area contributed by atoms with Gasteiger partial charge in [0.2, 0.25) is 0 Å². The van der Waals surface area contributed by atoms with Crippen LogP contribution in [0.4, 0.5) is 0 Å². The molecule has 0 bridgehead atoms. The van der Waals surface area contributed by atoms with E-state index in [-0.39, 0.29) is 101 Å². The summed E-state index contributed by atoms with van der Waals surface area (Å²) in [5, 5.41) is 0. The van der Waals surface area contributed by atoms with Crippen molar-refractivity contribution >= 4 is 0 Å². The molecule has 17 rings (SSSR count). The average molecular weight is 2380 g/mol. The van der Waals surface area contributed by atoms with Crippen LogP contribution in [0.1, 0.15) is 61.8 Å². The van der Waals surface area contributed by atoms with Crippen LogP contribution >= 0.6 is 0 Å². The number of rotatable bonds is 13. The summed E-state index contributed by atoms with van der Waals surface area (Å²) in [5.41, 5.74) is 29.1. The Kier molecular flexibility index (Phi) is 38.9. The minimum Gasteiger partial charge on any atom is -0.305 e. The summed E-state index contributed by atoms with van der Waals surface area (Å²) in [6.45, 7) is 12.9. The maximum Gasteiger partial charge on any atom is 0.0190 e. The standard InChI is InChI=1S/2C20H18N.2C18H14N.C17H12N.C11H8N.5Ir/c2*1-15(2)17-11-12-21-20(14-17)19-10-6-9-18(13-19)16-7-4-3-5-8-16;1-14-10-11-18(19-13-14)17-9-5-8-16(12-17)15-6-3-2-4-7-15;1-14-10-11-19-18(12-14)17-9-5-8-16(13-17)15-6-3-2-4-7-15;1-2-7-14(8-3-1)15-9-6-10-16(13-15)17-11-4-5-12-18-17;1-2-6-10(7-3-1)11-8-4-5-9-12-11;;;;;/h2*3-9,11-15H,1-2H3;2*2-8,10-13H,1H3;1-9,11-13H;1-6,8-9H;;;;;/q6*-1;;;;;. The quantitative estimate of drug-likeness (QED) is 0.107. The molecule has 0 saturated carbocycles. The Balaban J connectivity index is 0.000000190. The first-order valence-electron chi connectivity index (χ1n) is 37.0. The third-order valence-corrected chi connectivity index (χ3v) is 18.0. The average Bonchev–Trinajstić information content (AvgIpc) is 0.851. The fourth-order valence-corrected chi connectivity index (χ4v) is 11.9. The molecule has 0 spiro atoms. The van der Waals surface area contributed by atoms with Gasteiger partial charge in [0.1, 0.15) is 0 Å². The van der Waals surface area contributed by atoms with Crippen molar-refractivity contribution in [1.82, 2.24) is 29.9 Å². The van der Waals surface area contributed by atoms with Gasteiger partial charge in [-0.25, -0.2) is 0 Å². The van der Waals surface area contributed by atoms with Gasteiger partial charge in [0.25, 0.3) is 0 Å². The third-order valence-electron chi connectivity index (χ3n) is 18.0. The van der Waals surface area contributed by atoms with Gasteiger partial charge in [-0.1, -0.05) is 251 Å². The first-order valence-corrected chi connectivity index (χ1v) is 37.0. The van der Waals surface area contributed by atoms with E-state index in [0.717, 1.165) is 67.5 Å². The third kappa shape index (κ3) is 27.9. The molecule has 6 nitrogen and oxygen atoms in total. The number of benzene rings is 11. The van der Waals surface area contributed by atoms with Crippen LogP contribution in [0.15, 0.2) is 389 Å². The van der Waals surface area contributed by atoms with E-state index in [1.807, 2.05) is 177 Å². The number of pyridine rings is 6. The fraction of sp³-hybridized carbons (Fsp3) is 0.0769. The monoisotopic (exact) mass is 2380 g/mol. The Hall–Kier alpha value is -10.4. The Morgan fingerprint density at radius 1 is 0.200 bits per heavy atom. The predicted octanol–water partition coefficient (Wildman–Crippen LogP) is 26.5. The normalized spacial score (nSPS) is 9.98. The molecule has 17 aromatic rings. The number of aryl methyl sites for hydroxylation is 2. The van der Waals surface area contributed by atoms with Crippen LogP contribution in [0.5, 0.6) is 0 Å². The van der Waals surface area contributed by atoms with Crippen LogP contribution in [0.25, 0.3) is 123 Å². The smallest absolute Gasteiger partial charge is 0.0190 e. The molecule has 0 aliphatic carbocycles. The summed E-state index contributed by atoms with van der Waals surface area (Å²) in [7, 11) is 0. The molecule has 6 heterocycles. The van der Waals surface area contributed by atoms with Crippen molar-refractivity contribution in [2.24, 2.45) is 0 Å². The van der Waals surface area contributed by atoms with Crippen LogP contribution in [-0.2, 0) is 101 Å². The molecular weight excluding hydrogens is 2290 g/mol. The molecule has 0 amide bonds. The maximum absolute atomic E-state index is 4.50. The first-order chi connectivity index (χ1) is 54.0. The van der Waals surface area contributed by atoms with Crippen molar-refractivity contribution < 1.29 is 101 Å². The SMILES string of the molecule is CC(C)c1ccnc(-c2[c-]ccc(-c3ccccc3)c2)c1.CC(C)c1ccnc(-c2[c-]ccc(-c3ccccc3)c2)c1.Cc1ccc(-c2[c-]ccc(-c3ccccc3)c2)nc1.Cc1ccnc(-c2[c-]ccc(-c3ccccc3)c2)c1.[Ir].[Ir].[Ir].[Ir].[Ir].[c-]1ccc(-c2ccccc2)cc1-c1ccccn1.[c-]1ccccc1-c1ccccn1. The van der Waals surface area contributed by atoms with Gasteiger partial charge in [0.05, 0.1) is 0 Å². The van der Waals surface area contributed by atoms with Crippen molar-refractivity contribution in [3.8, 4) is 123 Å². The Labute approximate surface area is 747 Å². The van der Waals surface area contributed by atoms with E-state index in [2.05, 4.69) is 307 Å². The molecule has 0 N–H and O–H groups in total. The summed E-state index contributed by atoms with van der Waals surface area (Å²) in [6, 6.07) is 139. The maximum atomic E-state index is 4.50. The molecule has 11 aromatic carbocycles. The minimum absolute atomic E-state index is 0.